The van der Waals surface area contributed by atoms with E-state index in [0.717, 1.165) is 15.7 Å². The molecule has 1 N–H and O–H groups in total. The van der Waals surface area contributed by atoms with Crippen molar-refractivity contribution in [3.63, 3.8) is 0 Å². The predicted octanol–water partition coefficient (Wildman–Crippen LogP) is 3.10. The Balaban J connectivity index is 1.50. The molecule has 25 heavy (non-hydrogen) atoms. The van der Waals surface area contributed by atoms with E-state index in [0.29, 0.717) is 30.0 Å². The molecule has 0 atom stereocenters. The fraction of sp³-hybridized carbons (Fsp3) is 0.222. The molecule has 0 unspecified atom stereocenters. The first-order valence-corrected chi connectivity index (χ1v) is 8.68. The number of nitrogens with one attached hydrogen (secondary N) is 1. The topological polar surface area (TPSA) is 67.9 Å². The summed E-state index contributed by atoms with van der Waals surface area (Å²) in [6.07, 6.45) is 1.09. The third kappa shape index (κ3) is 3.19. The van der Waals surface area contributed by atoms with Crippen molar-refractivity contribution in [2.75, 3.05) is 23.6 Å². The van der Waals surface area contributed by atoms with Gasteiger partial charge in [-0.15, -0.1) is 0 Å². The predicted molar refractivity (Wildman–Crippen MR) is 96.0 cm³/mol. The van der Waals surface area contributed by atoms with E-state index in [1.54, 1.807) is 18.2 Å². The maximum absolute atomic E-state index is 12.4. The molecule has 0 aliphatic carbocycles. The number of hydrogen-bond acceptors (Lipinski definition) is 4. The van der Waals surface area contributed by atoms with Crippen LogP contribution in [0.15, 0.2) is 40.9 Å². The molecule has 2 aromatic rings. The molecule has 2 aliphatic rings. The van der Waals surface area contributed by atoms with Crippen LogP contribution in [0, 0.1) is 0 Å². The van der Waals surface area contributed by atoms with Gasteiger partial charge in [0.2, 0.25) is 18.6 Å². The number of ether oxygens (including phenoxy) is 2. The van der Waals surface area contributed by atoms with Crippen LogP contribution in [0.25, 0.3) is 0 Å². The van der Waals surface area contributed by atoms with Crippen LogP contribution in [0.5, 0.6) is 11.5 Å². The lowest BCUT2D eigenvalue weighted by molar-refractivity contribution is -0.121. The Hall–Kier alpha value is -2.54. The Morgan fingerprint density at radius 3 is 2.84 bits per heavy atom. The Kier molecular flexibility index (Phi) is 4.09. The number of fused-ring (bicyclic) bond motifs is 2. The first-order chi connectivity index (χ1) is 12.1. The summed E-state index contributed by atoms with van der Waals surface area (Å²) >= 11 is 3.44. The molecule has 0 radical (unpaired) electrons. The number of amides is 2. The normalized spacial score (nSPS) is 15.1. The van der Waals surface area contributed by atoms with E-state index in [1.807, 2.05) is 18.2 Å². The summed E-state index contributed by atoms with van der Waals surface area (Å²) in [5, 5.41) is 2.80. The van der Waals surface area contributed by atoms with E-state index in [-0.39, 0.29) is 25.2 Å². The lowest BCUT2D eigenvalue weighted by Gasteiger charge is -2.29. The summed E-state index contributed by atoms with van der Waals surface area (Å²) in [5.41, 5.74) is 2.46. The van der Waals surface area contributed by atoms with Crippen molar-refractivity contribution in [2.45, 2.75) is 12.8 Å². The first-order valence-electron chi connectivity index (χ1n) is 7.88. The van der Waals surface area contributed by atoms with Crippen molar-refractivity contribution in [2.24, 2.45) is 0 Å². The smallest absolute Gasteiger partial charge is 0.244 e. The average Bonchev–Trinajstić information content (AvgIpc) is 3.05. The van der Waals surface area contributed by atoms with Gasteiger partial charge in [-0.3, -0.25) is 9.59 Å². The minimum Gasteiger partial charge on any atom is -0.454 e. The number of carbonyl (C=O) groups excluding carboxylic acids is 2. The number of rotatable bonds is 3. The molecule has 7 heteroatoms. The van der Waals surface area contributed by atoms with Crippen LogP contribution >= 0.6 is 15.9 Å². The van der Waals surface area contributed by atoms with Crippen molar-refractivity contribution in [1.82, 2.24) is 0 Å². The molecule has 6 nitrogen and oxygen atoms in total. The number of benzene rings is 2. The lowest BCUT2D eigenvalue weighted by atomic mass is 10.0. The van der Waals surface area contributed by atoms with Crippen LogP contribution in [-0.2, 0) is 16.0 Å². The molecule has 0 fully saturated rings. The molecule has 0 spiro atoms. The molecule has 0 bridgehead atoms. The second-order valence-corrected chi connectivity index (χ2v) is 6.78. The van der Waals surface area contributed by atoms with E-state index in [2.05, 4.69) is 21.2 Å². The first kappa shape index (κ1) is 16.0. The molecule has 128 valence electrons. The van der Waals surface area contributed by atoms with Gasteiger partial charge in [-0.05, 0) is 42.3 Å². The van der Waals surface area contributed by atoms with Gasteiger partial charge in [-0.1, -0.05) is 15.9 Å². The number of aryl methyl sites for hydroxylation is 1. The second-order valence-electron chi connectivity index (χ2n) is 5.87. The molecule has 2 heterocycles. The van der Waals surface area contributed by atoms with Gasteiger partial charge in [0, 0.05) is 28.3 Å². The number of anilines is 2. The molecule has 2 aromatic carbocycles. The monoisotopic (exact) mass is 402 g/mol. The van der Waals surface area contributed by atoms with Crippen molar-refractivity contribution >= 4 is 39.1 Å². The molecular weight excluding hydrogens is 388 g/mol. The standard InChI is InChI=1S/C18H15BrN2O4/c19-12-2-4-14-11(7-12)1-6-18(23)21(14)9-17(22)20-13-3-5-15-16(8-13)25-10-24-15/h2-5,7-8H,1,6,9-10H2,(H,20,22). The zero-order chi connectivity index (χ0) is 17.4. The average molecular weight is 403 g/mol. The molecule has 2 aliphatic heterocycles. The summed E-state index contributed by atoms with van der Waals surface area (Å²) in [4.78, 5) is 26.2. The fourth-order valence-corrected chi connectivity index (χ4v) is 3.43. The van der Waals surface area contributed by atoms with Gasteiger partial charge in [0.25, 0.3) is 0 Å². The van der Waals surface area contributed by atoms with E-state index >= 15 is 0 Å². The number of halogens is 1. The van der Waals surface area contributed by atoms with Crippen molar-refractivity contribution in [3.05, 3.63) is 46.4 Å². The van der Waals surface area contributed by atoms with Crippen LogP contribution < -0.4 is 19.7 Å². The summed E-state index contributed by atoms with van der Waals surface area (Å²) < 4.78 is 11.5. The van der Waals surface area contributed by atoms with Gasteiger partial charge < -0.3 is 19.7 Å². The van der Waals surface area contributed by atoms with E-state index < -0.39 is 0 Å². The fourth-order valence-electron chi connectivity index (χ4n) is 3.02. The van der Waals surface area contributed by atoms with Gasteiger partial charge in [-0.25, -0.2) is 0 Å². The number of hydrogen-bond donors (Lipinski definition) is 1. The minimum atomic E-state index is -0.261. The summed E-state index contributed by atoms with van der Waals surface area (Å²) in [6, 6.07) is 10.9. The van der Waals surface area contributed by atoms with Gasteiger partial charge >= 0.3 is 0 Å². The highest BCUT2D eigenvalue weighted by molar-refractivity contribution is 9.10. The van der Waals surface area contributed by atoms with Crippen LogP contribution in [0.3, 0.4) is 0 Å². The Bertz CT molecular complexity index is 868. The Labute approximate surface area is 152 Å². The van der Waals surface area contributed by atoms with Crippen LogP contribution in [0.2, 0.25) is 0 Å². The molecular formula is C18H15BrN2O4. The highest BCUT2D eigenvalue weighted by Gasteiger charge is 2.26. The molecule has 4 rings (SSSR count). The summed E-state index contributed by atoms with van der Waals surface area (Å²) in [5.74, 6) is 0.949. The van der Waals surface area contributed by atoms with Crippen molar-refractivity contribution < 1.29 is 19.1 Å². The van der Waals surface area contributed by atoms with E-state index in [4.69, 9.17) is 9.47 Å². The minimum absolute atomic E-state index is 0.0259. The summed E-state index contributed by atoms with van der Waals surface area (Å²) in [6.45, 7) is 0.156. The third-order valence-electron chi connectivity index (χ3n) is 4.20. The van der Waals surface area contributed by atoms with Crippen LogP contribution in [0.4, 0.5) is 11.4 Å². The van der Waals surface area contributed by atoms with Crippen molar-refractivity contribution in [3.8, 4) is 11.5 Å². The zero-order valence-electron chi connectivity index (χ0n) is 13.3. The Morgan fingerprint density at radius 1 is 1.12 bits per heavy atom. The zero-order valence-corrected chi connectivity index (χ0v) is 14.8. The maximum Gasteiger partial charge on any atom is 0.244 e. The van der Waals surface area contributed by atoms with Gasteiger partial charge in [0.05, 0.1) is 0 Å². The van der Waals surface area contributed by atoms with E-state index in [9.17, 15) is 9.59 Å². The number of carbonyl (C=O) groups is 2. The molecule has 2 amide bonds. The lowest BCUT2D eigenvalue weighted by Crippen LogP contribution is -2.40. The summed E-state index contributed by atoms with van der Waals surface area (Å²) in [7, 11) is 0. The largest absolute Gasteiger partial charge is 0.454 e. The van der Waals surface area contributed by atoms with Crippen LogP contribution in [0.1, 0.15) is 12.0 Å². The highest BCUT2D eigenvalue weighted by atomic mass is 79.9. The van der Waals surface area contributed by atoms with Gasteiger partial charge in [0.15, 0.2) is 11.5 Å². The Morgan fingerprint density at radius 2 is 1.96 bits per heavy atom. The van der Waals surface area contributed by atoms with Gasteiger partial charge in [-0.2, -0.15) is 0 Å². The second kappa shape index (κ2) is 6.40. The van der Waals surface area contributed by atoms with Crippen LogP contribution in [-0.4, -0.2) is 25.2 Å². The van der Waals surface area contributed by atoms with Gasteiger partial charge in [0.1, 0.15) is 6.54 Å². The maximum atomic E-state index is 12.4. The molecule has 0 aromatic heterocycles. The quantitative estimate of drug-likeness (QED) is 0.856. The van der Waals surface area contributed by atoms with E-state index in [1.165, 1.54) is 4.90 Å². The third-order valence-corrected chi connectivity index (χ3v) is 4.69. The molecule has 0 saturated heterocycles. The number of nitrogens with zero attached hydrogens (tertiary/aromatic N) is 1. The SMILES string of the molecule is O=C(CN1C(=O)CCc2cc(Br)ccc21)Nc1ccc2c(c1)OCO2. The highest BCUT2D eigenvalue weighted by Crippen LogP contribution is 2.34. The molecule has 0 saturated carbocycles. The van der Waals surface area contributed by atoms with Crippen molar-refractivity contribution in [1.29, 1.82) is 0 Å².